The van der Waals surface area contributed by atoms with Gasteiger partial charge in [0, 0.05) is 23.2 Å². The Balaban J connectivity index is 1.87. The number of hydrogen-bond acceptors (Lipinski definition) is 5. The summed E-state index contributed by atoms with van der Waals surface area (Å²) >= 11 is 0. The van der Waals surface area contributed by atoms with E-state index in [-0.39, 0.29) is 5.78 Å². The number of carbonyl (C=O) groups excluding carboxylic acids is 1. The van der Waals surface area contributed by atoms with E-state index in [1.165, 1.54) is 0 Å². The zero-order valence-electron chi connectivity index (χ0n) is 11.3. The molecule has 102 valence electrons. The number of rotatable bonds is 4. The van der Waals surface area contributed by atoms with E-state index in [9.17, 15) is 4.79 Å². The highest BCUT2D eigenvalue weighted by atomic mass is 16.1. The fraction of sp³-hybridized carbons (Fsp3) is 0.267. The lowest BCUT2D eigenvalue weighted by Gasteiger charge is -2.09. The van der Waals surface area contributed by atoms with Crippen LogP contribution in [-0.2, 0) is 0 Å². The zero-order chi connectivity index (χ0) is 14.1. The molecule has 0 bridgehead atoms. The van der Waals surface area contributed by atoms with Gasteiger partial charge in [0.2, 0.25) is 0 Å². The summed E-state index contributed by atoms with van der Waals surface area (Å²) in [6.07, 6.45) is 2.26. The Labute approximate surface area is 117 Å². The third-order valence-corrected chi connectivity index (χ3v) is 3.25. The number of hydrogen-bond donors (Lipinski definition) is 2. The maximum absolute atomic E-state index is 11.4. The number of ketones is 1. The van der Waals surface area contributed by atoms with Crippen molar-refractivity contribution in [3.05, 3.63) is 41.7 Å². The number of anilines is 3. The van der Waals surface area contributed by atoms with E-state index in [0.717, 1.165) is 24.4 Å². The number of benzene rings is 1. The van der Waals surface area contributed by atoms with Gasteiger partial charge in [-0.15, -0.1) is 0 Å². The minimum absolute atomic E-state index is 0.0366. The maximum atomic E-state index is 11.4. The molecule has 0 spiro atoms. The van der Waals surface area contributed by atoms with Crippen LogP contribution >= 0.6 is 0 Å². The molecule has 0 saturated heterocycles. The second kappa shape index (κ2) is 4.92. The molecule has 0 amide bonds. The third-order valence-electron chi connectivity index (χ3n) is 3.25. The average molecular weight is 268 g/mol. The van der Waals surface area contributed by atoms with Gasteiger partial charge < -0.3 is 11.1 Å². The molecule has 3 N–H and O–H groups in total. The van der Waals surface area contributed by atoms with Gasteiger partial charge in [-0.05, 0) is 31.9 Å². The Morgan fingerprint density at radius 1 is 1.30 bits per heavy atom. The summed E-state index contributed by atoms with van der Waals surface area (Å²) in [6, 6.07) is 9.02. The number of aromatic nitrogens is 2. The van der Waals surface area contributed by atoms with Gasteiger partial charge in [-0.25, -0.2) is 9.97 Å². The lowest BCUT2D eigenvalue weighted by molar-refractivity contribution is 0.101. The van der Waals surface area contributed by atoms with Crippen LogP contribution in [-0.4, -0.2) is 15.8 Å². The molecule has 20 heavy (non-hydrogen) atoms. The van der Waals surface area contributed by atoms with Crippen LogP contribution in [0.25, 0.3) is 0 Å². The van der Waals surface area contributed by atoms with Crippen molar-refractivity contribution in [3.63, 3.8) is 0 Å². The highest BCUT2D eigenvalue weighted by Crippen LogP contribution is 2.38. The minimum atomic E-state index is 0.0366. The summed E-state index contributed by atoms with van der Waals surface area (Å²) in [5.41, 5.74) is 7.29. The summed E-state index contributed by atoms with van der Waals surface area (Å²) in [5.74, 6) is 2.42. The van der Waals surface area contributed by atoms with Crippen molar-refractivity contribution >= 4 is 23.1 Å². The van der Waals surface area contributed by atoms with Crippen LogP contribution in [0.15, 0.2) is 30.3 Å². The van der Waals surface area contributed by atoms with Crippen LogP contribution in [0.4, 0.5) is 17.3 Å². The Morgan fingerprint density at radius 3 is 2.80 bits per heavy atom. The number of Topliss-reactive ketones (excluding diaryl/α,β-unsaturated/α-hetero) is 1. The lowest BCUT2D eigenvalue weighted by Crippen LogP contribution is -2.03. The summed E-state index contributed by atoms with van der Waals surface area (Å²) in [5, 5.41) is 3.18. The largest absolute Gasteiger partial charge is 0.384 e. The van der Waals surface area contributed by atoms with Gasteiger partial charge in [0.15, 0.2) is 5.78 Å². The van der Waals surface area contributed by atoms with E-state index in [4.69, 9.17) is 5.73 Å². The van der Waals surface area contributed by atoms with Crippen LogP contribution in [0.3, 0.4) is 0 Å². The quantitative estimate of drug-likeness (QED) is 0.833. The molecule has 5 nitrogen and oxygen atoms in total. The molecule has 5 heteroatoms. The van der Waals surface area contributed by atoms with Crippen molar-refractivity contribution in [2.75, 3.05) is 11.1 Å². The second-order valence-electron chi connectivity index (χ2n) is 5.07. The molecule has 0 unspecified atom stereocenters. The first-order valence-electron chi connectivity index (χ1n) is 6.64. The Morgan fingerprint density at radius 2 is 2.10 bits per heavy atom. The maximum Gasteiger partial charge on any atom is 0.159 e. The molecule has 1 aromatic heterocycles. The molecule has 1 aliphatic rings. The molecule has 1 fully saturated rings. The van der Waals surface area contributed by atoms with Gasteiger partial charge in [0.05, 0.1) is 0 Å². The van der Waals surface area contributed by atoms with Crippen molar-refractivity contribution in [3.8, 4) is 0 Å². The number of nitrogens with one attached hydrogen (secondary N) is 1. The predicted octanol–water partition coefficient (Wildman–Crippen LogP) is 2.88. The normalized spacial score (nSPS) is 14.1. The molecular weight excluding hydrogens is 252 g/mol. The topological polar surface area (TPSA) is 80.9 Å². The number of nitrogen functional groups attached to an aromatic ring is 1. The first-order valence-corrected chi connectivity index (χ1v) is 6.64. The van der Waals surface area contributed by atoms with Gasteiger partial charge in [-0.3, -0.25) is 4.79 Å². The monoisotopic (exact) mass is 268 g/mol. The predicted molar refractivity (Wildman–Crippen MR) is 78.1 cm³/mol. The fourth-order valence-corrected chi connectivity index (χ4v) is 2.04. The van der Waals surface area contributed by atoms with E-state index >= 15 is 0 Å². The van der Waals surface area contributed by atoms with Crippen molar-refractivity contribution in [1.29, 1.82) is 0 Å². The van der Waals surface area contributed by atoms with Crippen LogP contribution < -0.4 is 11.1 Å². The first-order chi connectivity index (χ1) is 9.61. The zero-order valence-corrected chi connectivity index (χ0v) is 11.3. The molecule has 1 aromatic carbocycles. The smallest absolute Gasteiger partial charge is 0.159 e. The number of nitrogens with zero attached hydrogens (tertiary/aromatic N) is 2. The standard InChI is InChI=1S/C15H16N4O/c1-9(20)11-3-2-4-12(7-11)17-14-8-13(16)18-15(19-14)10-5-6-10/h2-4,7-8,10H,5-6H2,1H3,(H3,16,17,18,19). The van der Waals surface area contributed by atoms with Gasteiger partial charge >= 0.3 is 0 Å². The van der Waals surface area contributed by atoms with E-state index in [0.29, 0.717) is 23.1 Å². The molecule has 3 rings (SSSR count). The van der Waals surface area contributed by atoms with Crippen molar-refractivity contribution in [2.24, 2.45) is 0 Å². The fourth-order valence-electron chi connectivity index (χ4n) is 2.04. The summed E-state index contributed by atoms with van der Waals surface area (Å²) in [7, 11) is 0. The van der Waals surface area contributed by atoms with Gasteiger partial charge in [-0.1, -0.05) is 12.1 Å². The summed E-state index contributed by atoms with van der Waals surface area (Å²) < 4.78 is 0. The lowest BCUT2D eigenvalue weighted by atomic mass is 10.1. The molecule has 0 radical (unpaired) electrons. The molecule has 2 aromatic rings. The summed E-state index contributed by atoms with van der Waals surface area (Å²) in [4.78, 5) is 20.1. The Bertz CT molecular complexity index is 665. The van der Waals surface area contributed by atoms with Gasteiger partial charge in [0.1, 0.15) is 17.5 Å². The SMILES string of the molecule is CC(=O)c1cccc(Nc2cc(N)nc(C3CC3)n2)c1. The molecule has 1 saturated carbocycles. The van der Waals surface area contributed by atoms with E-state index < -0.39 is 0 Å². The second-order valence-corrected chi connectivity index (χ2v) is 5.07. The van der Waals surface area contributed by atoms with Crippen molar-refractivity contribution in [1.82, 2.24) is 9.97 Å². The number of nitrogens with two attached hydrogens (primary N) is 1. The van der Waals surface area contributed by atoms with Crippen LogP contribution in [0, 0.1) is 0 Å². The highest BCUT2D eigenvalue weighted by molar-refractivity contribution is 5.95. The minimum Gasteiger partial charge on any atom is -0.384 e. The van der Waals surface area contributed by atoms with E-state index in [1.807, 2.05) is 12.1 Å². The third kappa shape index (κ3) is 2.77. The van der Waals surface area contributed by atoms with E-state index in [2.05, 4.69) is 15.3 Å². The average Bonchev–Trinajstić information content (AvgIpc) is 3.22. The van der Waals surface area contributed by atoms with Crippen LogP contribution in [0.5, 0.6) is 0 Å². The first kappa shape index (κ1) is 12.6. The highest BCUT2D eigenvalue weighted by Gasteiger charge is 2.27. The Kier molecular flexibility index (Phi) is 3.10. The van der Waals surface area contributed by atoms with Crippen molar-refractivity contribution < 1.29 is 4.79 Å². The molecule has 0 aliphatic heterocycles. The molecule has 0 atom stereocenters. The molecule has 1 aliphatic carbocycles. The van der Waals surface area contributed by atoms with Gasteiger partial charge in [0.25, 0.3) is 0 Å². The Hall–Kier alpha value is -2.43. The summed E-state index contributed by atoms with van der Waals surface area (Å²) in [6.45, 7) is 1.55. The van der Waals surface area contributed by atoms with Crippen molar-refractivity contribution in [2.45, 2.75) is 25.7 Å². The molecule has 1 heterocycles. The van der Waals surface area contributed by atoms with Crippen LogP contribution in [0.1, 0.15) is 41.9 Å². The van der Waals surface area contributed by atoms with E-state index in [1.54, 1.807) is 25.1 Å². The molecular formula is C15H16N4O. The number of carbonyl (C=O) groups is 1. The van der Waals surface area contributed by atoms with Crippen LogP contribution in [0.2, 0.25) is 0 Å². The van der Waals surface area contributed by atoms with Gasteiger partial charge in [-0.2, -0.15) is 0 Å².